The number of halogens is 1. The zero-order valence-corrected chi connectivity index (χ0v) is 15.6. The molecule has 2 saturated heterocycles. The van der Waals surface area contributed by atoms with Crippen molar-refractivity contribution >= 4 is 21.4 Å². The summed E-state index contributed by atoms with van der Waals surface area (Å²) < 4.78 is 36.0. The van der Waals surface area contributed by atoms with Gasteiger partial charge in [-0.3, -0.25) is 4.79 Å². The van der Waals surface area contributed by atoms with Crippen molar-refractivity contribution in [2.45, 2.75) is 12.5 Å². The van der Waals surface area contributed by atoms with Gasteiger partial charge < -0.3 is 15.1 Å². The molecule has 0 aromatic heterocycles. The summed E-state index contributed by atoms with van der Waals surface area (Å²) in [5.74, 6) is -0.518. The number of anilines is 1. The number of carbonyl (C=O) groups excluding carboxylic acids is 1. The molecule has 2 aliphatic rings. The normalized spacial score (nSPS) is 22.4. The standard InChI is InChI=1S/C18H21FN4O3S/c19-15-1-3-17(4-2-15)22-6-8-23(9-7-22)18(24)14(11-20)12-21-16-5-10-27(25,26)13-16/h1-4,12,16,21H,5-10,13H2/b14-12-. The Kier molecular flexibility index (Phi) is 5.65. The number of amides is 1. The Bertz CT molecular complexity index is 869. The second-order valence-electron chi connectivity index (χ2n) is 6.69. The lowest BCUT2D eigenvalue weighted by Crippen LogP contribution is -2.49. The second-order valence-corrected chi connectivity index (χ2v) is 8.92. The minimum Gasteiger partial charge on any atom is -0.386 e. The Labute approximate surface area is 158 Å². The van der Waals surface area contributed by atoms with E-state index in [9.17, 15) is 22.9 Å². The van der Waals surface area contributed by atoms with E-state index in [0.717, 1.165) is 5.69 Å². The van der Waals surface area contributed by atoms with Crippen LogP contribution in [0.25, 0.3) is 0 Å². The van der Waals surface area contributed by atoms with Crippen LogP contribution in [0.3, 0.4) is 0 Å². The van der Waals surface area contributed by atoms with E-state index >= 15 is 0 Å². The van der Waals surface area contributed by atoms with Crippen molar-refractivity contribution in [3.63, 3.8) is 0 Å². The zero-order chi connectivity index (χ0) is 19.4. The topological polar surface area (TPSA) is 93.5 Å². The molecule has 2 aliphatic heterocycles. The molecule has 3 rings (SSSR count). The highest BCUT2D eigenvalue weighted by atomic mass is 32.2. The van der Waals surface area contributed by atoms with Crippen LogP contribution in [0.5, 0.6) is 0 Å². The lowest BCUT2D eigenvalue weighted by Gasteiger charge is -2.36. The number of nitrogens with one attached hydrogen (secondary N) is 1. The molecule has 1 unspecified atom stereocenters. The van der Waals surface area contributed by atoms with Crippen LogP contribution in [0.2, 0.25) is 0 Å². The fourth-order valence-corrected chi connectivity index (χ4v) is 4.95. The third-order valence-corrected chi connectivity index (χ3v) is 6.57. The van der Waals surface area contributed by atoms with Gasteiger partial charge in [0.2, 0.25) is 0 Å². The number of hydrogen-bond donors (Lipinski definition) is 1. The van der Waals surface area contributed by atoms with Crippen LogP contribution >= 0.6 is 0 Å². The summed E-state index contributed by atoms with van der Waals surface area (Å²) in [5.41, 5.74) is 0.859. The first-order valence-corrected chi connectivity index (χ1v) is 10.6. The Hall–Kier alpha value is -2.60. The predicted octanol–water partition coefficient (Wildman–Crippen LogP) is 0.658. The Morgan fingerprint density at radius 1 is 1.22 bits per heavy atom. The van der Waals surface area contributed by atoms with Gasteiger partial charge >= 0.3 is 0 Å². The molecule has 1 aromatic carbocycles. The number of hydrogen-bond acceptors (Lipinski definition) is 6. The average molecular weight is 392 g/mol. The molecule has 0 radical (unpaired) electrons. The summed E-state index contributed by atoms with van der Waals surface area (Å²) in [5, 5.41) is 12.2. The SMILES string of the molecule is N#C/C(=C/NC1CCS(=O)(=O)C1)C(=O)N1CCN(c2ccc(F)cc2)CC1. The van der Waals surface area contributed by atoms with E-state index < -0.39 is 9.84 Å². The molecule has 27 heavy (non-hydrogen) atoms. The first kappa shape index (κ1) is 19.2. The van der Waals surface area contributed by atoms with Crippen LogP contribution in [0.4, 0.5) is 10.1 Å². The maximum absolute atomic E-state index is 13.0. The van der Waals surface area contributed by atoms with E-state index in [0.29, 0.717) is 32.6 Å². The zero-order valence-electron chi connectivity index (χ0n) is 14.8. The molecule has 0 spiro atoms. The third kappa shape index (κ3) is 4.77. The lowest BCUT2D eigenvalue weighted by atomic mass is 10.2. The van der Waals surface area contributed by atoms with Gasteiger partial charge in [0.15, 0.2) is 9.84 Å². The van der Waals surface area contributed by atoms with Crippen LogP contribution in [0.1, 0.15) is 6.42 Å². The Morgan fingerprint density at radius 3 is 2.44 bits per heavy atom. The summed E-state index contributed by atoms with van der Waals surface area (Å²) in [4.78, 5) is 16.2. The monoisotopic (exact) mass is 392 g/mol. The fourth-order valence-electron chi connectivity index (χ4n) is 3.26. The van der Waals surface area contributed by atoms with Crippen LogP contribution in [-0.2, 0) is 14.6 Å². The van der Waals surface area contributed by atoms with Crippen molar-refractivity contribution in [2.24, 2.45) is 0 Å². The second kappa shape index (κ2) is 7.96. The van der Waals surface area contributed by atoms with Gasteiger partial charge in [-0.1, -0.05) is 0 Å². The molecule has 0 saturated carbocycles. The van der Waals surface area contributed by atoms with Crippen molar-refractivity contribution < 1.29 is 17.6 Å². The predicted molar refractivity (Wildman–Crippen MR) is 99.1 cm³/mol. The van der Waals surface area contributed by atoms with E-state index in [-0.39, 0.29) is 34.8 Å². The molecule has 7 nitrogen and oxygen atoms in total. The van der Waals surface area contributed by atoms with E-state index in [1.54, 1.807) is 17.0 Å². The van der Waals surface area contributed by atoms with Gasteiger partial charge in [0, 0.05) is 44.1 Å². The minimum atomic E-state index is -3.03. The quantitative estimate of drug-likeness (QED) is 0.598. The highest BCUT2D eigenvalue weighted by molar-refractivity contribution is 7.91. The smallest absolute Gasteiger partial charge is 0.266 e. The molecule has 1 atom stereocenters. The van der Waals surface area contributed by atoms with E-state index in [4.69, 9.17) is 0 Å². The summed E-state index contributed by atoms with van der Waals surface area (Å²) in [6, 6.07) is 7.84. The number of rotatable bonds is 4. The van der Waals surface area contributed by atoms with Crippen molar-refractivity contribution in [1.82, 2.24) is 10.2 Å². The van der Waals surface area contributed by atoms with Crippen molar-refractivity contribution in [1.29, 1.82) is 5.26 Å². The highest BCUT2D eigenvalue weighted by Crippen LogP contribution is 2.18. The average Bonchev–Trinajstić information content (AvgIpc) is 3.01. The first-order valence-electron chi connectivity index (χ1n) is 8.74. The first-order chi connectivity index (χ1) is 12.9. The molecular weight excluding hydrogens is 371 g/mol. The van der Waals surface area contributed by atoms with Crippen LogP contribution in [-0.4, -0.2) is 63.0 Å². The van der Waals surface area contributed by atoms with Crippen molar-refractivity contribution in [2.75, 3.05) is 42.6 Å². The maximum Gasteiger partial charge on any atom is 0.266 e. The number of nitriles is 1. The largest absolute Gasteiger partial charge is 0.386 e. The van der Waals surface area contributed by atoms with Gasteiger partial charge in [-0.05, 0) is 30.7 Å². The number of carbonyl (C=O) groups is 1. The van der Waals surface area contributed by atoms with Crippen molar-refractivity contribution in [3.8, 4) is 6.07 Å². The van der Waals surface area contributed by atoms with Crippen LogP contribution in [0, 0.1) is 17.1 Å². The van der Waals surface area contributed by atoms with Gasteiger partial charge in [-0.15, -0.1) is 0 Å². The Morgan fingerprint density at radius 2 is 1.89 bits per heavy atom. The van der Waals surface area contributed by atoms with E-state index in [2.05, 4.69) is 10.2 Å². The Balaban J connectivity index is 1.56. The third-order valence-electron chi connectivity index (χ3n) is 4.81. The summed E-state index contributed by atoms with van der Waals surface area (Å²) in [7, 11) is -3.03. The van der Waals surface area contributed by atoms with Crippen LogP contribution in [0.15, 0.2) is 36.0 Å². The summed E-state index contributed by atoms with van der Waals surface area (Å²) in [6.45, 7) is 2.08. The highest BCUT2D eigenvalue weighted by Gasteiger charge is 2.28. The molecule has 9 heteroatoms. The lowest BCUT2D eigenvalue weighted by molar-refractivity contribution is -0.127. The number of nitrogens with zero attached hydrogens (tertiary/aromatic N) is 3. The van der Waals surface area contributed by atoms with Crippen molar-refractivity contribution in [3.05, 3.63) is 41.9 Å². The molecule has 0 aliphatic carbocycles. The van der Waals surface area contributed by atoms with E-state index in [1.807, 2.05) is 6.07 Å². The molecule has 0 bridgehead atoms. The maximum atomic E-state index is 13.0. The van der Waals surface area contributed by atoms with Gasteiger partial charge in [-0.2, -0.15) is 5.26 Å². The molecular formula is C18H21FN4O3S. The number of piperazine rings is 1. The summed E-state index contributed by atoms with van der Waals surface area (Å²) in [6.07, 6.45) is 1.81. The molecule has 2 fully saturated rings. The number of sulfone groups is 1. The van der Waals surface area contributed by atoms with Crippen LogP contribution < -0.4 is 10.2 Å². The molecule has 2 heterocycles. The molecule has 1 N–H and O–H groups in total. The molecule has 144 valence electrons. The summed E-state index contributed by atoms with van der Waals surface area (Å²) >= 11 is 0. The van der Waals surface area contributed by atoms with Gasteiger partial charge in [0.1, 0.15) is 17.5 Å². The van der Waals surface area contributed by atoms with Gasteiger partial charge in [0.05, 0.1) is 11.5 Å². The molecule has 1 amide bonds. The van der Waals surface area contributed by atoms with E-state index in [1.165, 1.54) is 18.3 Å². The fraction of sp³-hybridized carbons (Fsp3) is 0.444. The number of benzene rings is 1. The molecule has 1 aromatic rings. The minimum absolute atomic E-state index is 0.0206. The van der Waals surface area contributed by atoms with Gasteiger partial charge in [0.25, 0.3) is 5.91 Å². The van der Waals surface area contributed by atoms with Gasteiger partial charge in [-0.25, -0.2) is 12.8 Å².